The van der Waals surface area contributed by atoms with Gasteiger partial charge in [-0.05, 0) is 36.8 Å². The Kier molecular flexibility index (Phi) is 6.44. The molecule has 0 fully saturated rings. The van der Waals surface area contributed by atoms with Crippen LogP contribution >= 0.6 is 11.8 Å². The van der Waals surface area contributed by atoms with Crippen LogP contribution in [0, 0.1) is 17.0 Å². The molecule has 0 spiro atoms. The van der Waals surface area contributed by atoms with Crippen LogP contribution in [0.1, 0.15) is 5.56 Å². The highest BCUT2D eigenvalue weighted by Crippen LogP contribution is 2.26. The quantitative estimate of drug-likeness (QED) is 0.174. The number of nitro groups is 1. The first-order valence-corrected chi connectivity index (χ1v) is 9.68. The molecule has 0 saturated carbocycles. The lowest BCUT2D eigenvalue weighted by Crippen LogP contribution is -2.04. The van der Waals surface area contributed by atoms with Crippen molar-refractivity contribution in [1.29, 1.82) is 0 Å². The Morgan fingerprint density at radius 3 is 2.71 bits per heavy atom. The first kappa shape index (κ1) is 19.6. The Bertz CT molecular complexity index is 970. The Labute approximate surface area is 167 Å². The second-order valence-corrected chi connectivity index (χ2v) is 7.08. The molecule has 0 N–H and O–H groups in total. The van der Waals surface area contributed by atoms with Crippen molar-refractivity contribution in [2.75, 3.05) is 12.4 Å². The molecular weight excluding hydrogens is 376 g/mol. The lowest BCUT2D eigenvalue weighted by Gasteiger charge is -2.09. The standard InChI is InChI=1S/C20H20N4O3S/c1-3-11-23-19(16-7-9-17(10-8-16)24(25)26)21-22-20(23)28-13-12-27-18-6-4-5-15(2)14-18/h3-10,14H,1,11-13H2,2H3. The van der Waals surface area contributed by atoms with Crippen molar-refractivity contribution in [3.8, 4) is 17.1 Å². The van der Waals surface area contributed by atoms with E-state index in [4.69, 9.17) is 4.74 Å². The van der Waals surface area contributed by atoms with Gasteiger partial charge in [0.25, 0.3) is 5.69 Å². The highest BCUT2D eigenvalue weighted by molar-refractivity contribution is 7.99. The van der Waals surface area contributed by atoms with E-state index in [9.17, 15) is 10.1 Å². The molecule has 8 heteroatoms. The van der Waals surface area contributed by atoms with Crippen molar-refractivity contribution < 1.29 is 9.66 Å². The van der Waals surface area contributed by atoms with E-state index in [1.807, 2.05) is 35.8 Å². The minimum Gasteiger partial charge on any atom is -0.493 e. The van der Waals surface area contributed by atoms with E-state index in [0.717, 1.165) is 22.0 Å². The van der Waals surface area contributed by atoms with Gasteiger partial charge in [0.1, 0.15) is 5.75 Å². The maximum Gasteiger partial charge on any atom is 0.269 e. The number of hydrogen-bond donors (Lipinski definition) is 0. The summed E-state index contributed by atoms with van der Waals surface area (Å²) in [5.74, 6) is 2.21. The molecule has 0 aliphatic rings. The Morgan fingerprint density at radius 1 is 1.25 bits per heavy atom. The van der Waals surface area contributed by atoms with Crippen LogP contribution in [-0.4, -0.2) is 32.0 Å². The molecule has 0 aliphatic carbocycles. The van der Waals surface area contributed by atoms with Gasteiger partial charge in [0.15, 0.2) is 11.0 Å². The molecule has 0 bridgehead atoms. The van der Waals surface area contributed by atoms with E-state index in [1.54, 1.807) is 30.0 Å². The molecule has 28 heavy (non-hydrogen) atoms. The maximum absolute atomic E-state index is 10.8. The molecule has 3 rings (SSSR count). The summed E-state index contributed by atoms with van der Waals surface area (Å²) in [7, 11) is 0. The van der Waals surface area contributed by atoms with Gasteiger partial charge in [0, 0.05) is 30.0 Å². The van der Waals surface area contributed by atoms with Crippen LogP contribution < -0.4 is 4.74 Å². The number of hydrogen-bond acceptors (Lipinski definition) is 6. The fourth-order valence-corrected chi connectivity index (χ4v) is 3.40. The van der Waals surface area contributed by atoms with E-state index in [0.29, 0.717) is 24.7 Å². The smallest absolute Gasteiger partial charge is 0.269 e. The van der Waals surface area contributed by atoms with Crippen LogP contribution in [0.4, 0.5) is 5.69 Å². The van der Waals surface area contributed by atoms with E-state index in [1.165, 1.54) is 12.1 Å². The molecule has 0 aliphatic heterocycles. The topological polar surface area (TPSA) is 83.1 Å². The largest absolute Gasteiger partial charge is 0.493 e. The van der Waals surface area contributed by atoms with Crippen LogP contribution in [0.15, 0.2) is 66.3 Å². The number of nitro benzene ring substituents is 1. The number of ether oxygens (including phenoxy) is 1. The Morgan fingerprint density at radius 2 is 2.04 bits per heavy atom. The summed E-state index contributed by atoms with van der Waals surface area (Å²) in [6.07, 6.45) is 1.77. The van der Waals surface area contributed by atoms with Gasteiger partial charge >= 0.3 is 0 Å². The number of allylic oxidation sites excluding steroid dienone is 1. The minimum atomic E-state index is -0.423. The summed E-state index contributed by atoms with van der Waals surface area (Å²) in [5, 5.41) is 20.1. The Balaban J connectivity index is 1.68. The molecule has 1 heterocycles. The minimum absolute atomic E-state index is 0.0430. The van der Waals surface area contributed by atoms with E-state index in [2.05, 4.69) is 16.8 Å². The van der Waals surface area contributed by atoms with Crippen LogP contribution in [0.3, 0.4) is 0 Å². The summed E-state index contributed by atoms with van der Waals surface area (Å²) in [6.45, 7) is 6.91. The SMILES string of the molecule is C=CCn1c(SCCOc2cccc(C)c2)nnc1-c1ccc([N+](=O)[O-])cc1. The lowest BCUT2D eigenvalue weighted by atomic mass is 10.2. The van der Waals surface area contributed by atoms with Gasteiger partial charge in [0.05, 0.1) is 11.5 Å². The summed E-state index contributed by atoms with van der Waals surface area (Å²) in [4.78, 5) is 10.4. The number of non-ortho nitro benzene ring substituents is 1. The number of aromatic nitrogens is 3. The van der Waals surface area contributed by atoms with Crippen molar-refractivity contribution in [3.63, 3.8) is 0 Å². The molecule has 0 unspecified atom stereocenters. The zero-order valence-electron chi connectivity index (χ0n) is 15.4. The summed E-state index contributed by atoms with van der Waals surface area (Å²) < 4.78 is 7.71. The second-order valence-electron chi connectivity index (χ2n) is 6.02. The van der Waals surface area contributed by atoms with Crippen LogP contribution in [-0.2, 0) is 6.54 Å². The van der Waals surface area contributed by atoms with Crippen molar-refractivity contribution in [2.45, 2.75) is 18.6 Å². The number of nitrogens with zero attached hydrogens (tertiary/aromatic N) is 4. The zero-order valence-corrected chi connectivity index (χ0v) is 16.3. The Hall–Kier alpha value is -3.13. The number of aryl methyl sites for hydroxylation is 1. The van der Waals surface area contributed by atoms with Gasteiger partial charge in [-0.3, -0.25) is 14.7 Å². The third-order valence-corrected chi connectivity index (χ3v) is 4.87. The van der Waals surface area contributed by atoms with Crippen LogP contribution in [0.5, 0.6) is 5.75 Å². The molecule has 0 saturated heterocycles. The number of thioether (sulfide) groups is 1. The zero-order chi connectivity index (χ0) is 19.9. The van der Waals surface area contributed by atoms with Crippen LogP contribution in [0.25, 0.3) is 11.4 Å². The molecule has 1 aromatic heterocycles. The fourth-order valence-electron chi connectivity index (χ4n) is 2.63. The molecular formula is C20H20N4O3S. The predicted molar refractivity (Wildman–Crippen MR) is 110 cm³/mol. The van der Waals surface area contributed by atoms with Gasteiger partial charge in [0.2, 0.25) is 0 Å². The van der Waals surface area contributed by atoms with E-state index < -0.39 is 4.92 Å². The predicted octanol–water partition coefficient (Wildman–Crippen LogP) is 4.52. The normalized spacial score (nSPS) is 10.6. The highest BCUT2D eigenvalue weighted by atomic mass is 32.2. The number of rotatable bonds is 9. The van der Waals surface area contributed by atoms with Gasteiger partial charge in [-0.1, -0.05) is 30.0 Å². The van der Waals surface area contributed by atoms with Crippen molar-refractivity contribution >= 4 is 17.4 Å². The van der Waals surface area contributed by atoms with E-state index >= 15 is 0 Å². The molecule has 0 atom stereocenters. The summed E-state index contributed by atoms with van der Waals surface area (Å²) >= 11 is 1.54. The van der Waals surface area contributed by atoms with Crippen molar-refractivity contribution in [1.82, 2.24) is 14.8 Å². The molecule has 144 valence electrons. The molecule has 2 aromatic carbocycles. The van der Waals surface area contributed by atoms with Gasteiger partial charge in [-0.25, -0.2) is 0 Å². The molecule has 7 nitrogen and oxygen atoms in total. The maximum atomic E-state index is 10.8. The summed E-state index contributed by atoms with van der Waals surface area (Å²) in [5.41, 5.74) is 1.97. The average molecular weight is 396 g/mol. The fraction of sp³-hybridized carbons (Fsp3) is 0.200. The first-order chi connectivity index (χ1) is 13.6. The van der Waals surface area contributed by atoms with Gasteiger partial charge < -0.3 is 4.74 Å². The van der Waals surface area contributed by atoms with E-state index in [-0.39, 0.29) is 5.69 Å². The molecule has 0 radical (unpaired) electrons. The van der Waals surface area contributed by atoms with Gasteiger partial charge in [-0.2, -0.15) is 0 Å². The third-order valence-electron chi connectivity index (χ3n) is 3.94. The number of benzene rings is 2. The molecule has 0 amide bonds. The first-order valence-electron chi connectivity index (χ1n) is 8.69. The second kappa shape index (κ2) is 9.18. The van der Waals surface area contributed by atoms with Crippen molar-refractivity contribution in [2.24, 2.45) is 0 Å². The lowest BCUT2D eigenvalue weighted by molar-refractivity contribution is -0.384. The van der Waals surface area contributed by atoms with Crippen molar-refractivity contribution in [3.05, 3.63) is 76.9 Å². The third kappa shape index (κ3) is 4.77. The molecule has 3 aromatic rings. The summed E-state index contributed by atoms with van der Waals surface area (Å²) in [6, 6.07) is 14.2. The monoisotopic (exact) mass is 396 g/mol. The van der Waals surface area contributed by atoms with Crippen LogP contribution in [0.2, 0.25) is 0 Å². The van der Waals surface area contributed by atoms with Gasteiger partial charge in [-0.15, -0.1) is 16.8 Å². The average Bonchev–Trinajstić information content (AvgIpc) is 3.08. The highest BCUT2D eigenvalue weighted by Gasteiger charge is 2.15.